The van der Waals surface area contributed by atoms with Gasteiger partial charge in [0.15, 0.2) is 5.96 Å². The van der Waals surface area contributed by atoms with Crippen molar-refractivity contribution >= 4 is 5.96 Å². The molecule has 1 fully saturated rings. The van der Waals surface area contributed by atoms with E-state index in [0.717, 1.165) is 37.6 Å². The van der Waals surface area contributed by atoms with E-state index in [0.29, 0.717) is 17.8 Å². The maximum Gasteiger partial charge on any atom is 0.212 e. The van der Waals surface area contributed by atoms with Crippen LogP contribution in [0.25, 0.3) is 0 Å². The van der Waals surface area contributed by atoms with Crippen molar-refractivity contribution in [3.63, 3.8) is 0 Å². The van der Waals surface area contributed by atoms with E-state index in [9.17, 15) is 0 Å². The molecule has 0 saturated heterocycles. The molecule has 0 atom stereocenters. The molecule has 2 rings (SSSR count). The molecule has 0 aliphatic heterocycles. The van der Waals surface area contributed by atoms with Gasteiger partial charge in [0.2, 0.25) is 5.88 Å². The van der Waals surface area contributed by atoms with Gasteiger partial charge < -0.3 is 20.1 Å². The van der Waals surface area contributed by atoms with Gasteiger partial charge in [0.25, 0.3) is 0 Å². The molecule has 6 nitrogen and oxygen atoms in total. The minimum absolute atomic E-state index is 0.341. The lowest BCUT2D eigenvalue weighted by Gasteiger charge is -2.30. The summed E-state index contributed by atoms with van der Waals surface area (Å²) in [6.45, 7) is 5.30. The van der Waals surface area contributed by atoms with Gasteiger partial charge in [-0.25, -0.2) is 9.98 Å². The number of guanidine groups is 1. The molecule has 6 heteroatoms. The maximum atomic E-state index is 5.32. The Morgan fingerprint density at radius 3 is 2.64 bits per heavy atom. The maximum absolute atomic E-state index is 5.32. The highest BCUT2D eigenvalue weighted by molar-refractivity contribution is 5.79. The number of nitrogens with one attached hydrogen (secondary N) is 2. The van der Waals surface area contributed by atoms with Gasteiger partial charge in [-0.3, -0.25) is 0 Å². The quantitative estimate of drug-likeness (QED) is 0.530. The van der Waals surface area contributed by atoms with Crippen LogP contribution in [0.5, 0.6) is 5.88 Å². The normalized spacial score (nSPS) is 16.7. The largest absolute Gasteiger partial charge is 0.481 e. The van der Waals surface area contributed by atoms with Crippen LogP contribution in [0, 0.1) is 5.41 Å². The Morgan fingerprint density at radius 1 is 1.24 bits per heavy atom. The van der Waals surface area contributed by atoms with E-state index in [-0.39, 0.29) is 0 Å². The summed E-state index contributed by atoms with van der Waals surface area (Å²) in [5.41, 5.74) is 1.40. The third kappa shape index (κ3) is 6.20. The number of aromatic nitrogens is 1. The van der Waals surface area contributed by atoms with E-state index in [1.54, 1.807) is 14.2 Å². The lowest BCUT2D eigenvalue weighted by molar-refractivity contribution is 0.138. The van der Waals surface area contributed by atoms with Gasteiger partial charge in [-0.15, -0.1) is 0 Å². The number of rotatable bonds is 9. The molecule has 25 heavy (non-hydrogen) atoms. The summed E-state index contributed by atoms with van der Waals surface area (Å²) in [6, 6.07) is 3.86. The van der Waals surface area contributed by atoms with Crippen LogP contribution in [-0.2, 0) is 11.3 Å². The number of methoxy groups -OCH3 is 2. The standard InChI is InChI=1S/C19H32N4O2/c1-4-20-18(22-14-16-7-8-17(25-3)21-13-16)23-15-19(11-12-24-2)9-5-6-10-19/h7-8,13H,4-6,9-12,14-15H2,1-3H3,(H2,20,22,23). The zero-order valence-corrected chi connectivity index (χ0v) is 15.8. The van der Waals surface area contributed by atoms with E-state index in [4.69, 9.17) is 14.5 Å². The van der Waals surface area contributed by atoms with Crippen LogP contribution in [0.1, 0.15) is 44.6 Å². The van der Waals surface area contributed by atoms with E-state index in [1.165, 1.54) is 25.7 Å². The molecular formula is C19H32N4O2. The Bertz CT molecular complexity index is 525. The predicted molar refractivity (Wildman–Crippen MR) is 101 cm³/mol. The summed E-state index contributed by atoms with van der Waals surface area (Å²) in [4.78, 5) is 8.92. The molecule has 0 radical (unpaired) electrons. The molecular weight excluding hydrogens is 316 g/mol. The highest BCUT2D eigenvalue weighted by Crippen LogP contribution is 2.40. The summed E-state index contributed by atoms with van der Waals surface area (Å²) >= 11 is 0. The lowest BCUT2D eigenvalue weighted by atomic mass is 9.83. The summed E-state index contributed by atoms with van der Waals surface area (Å²) in [5, 5.41) is 6.88. The Labute approximate surface area is 151 Å². The Hall–Kier alpha value is -1.82. The molecule has 1 aromatic rings. The van der Waals surface area contributed by atoms with E-state index < -0.39 is 0 Å². The van der Waals surface area contributed by atoms with Gasteiger partial charge in [-0.1, -0.05) is 18.9 Å². The average Bonchev–Trinajstić information content (AvgIpc) is 3.12. The van der Waals surface area contributed by atoms with Crippen molar-refractivity contribution < 1.29 is 9.47 Å². The molecule has 1 aromatic heterocycles. The van der Waals surface area contributed by atoms with Crippen LogP contribution < -0.4 is 15.4 Å². The molecule has 1 aliphatic rings. The van der Waals surface area contributed by atoms with Gasteiger partial charge in [0.05, 0.1) is 13.7 Å². The van der Waals surface area contributed by atoms with Crippen molar-refractivity contribution in [1.82, 2.24) is 15.6 Å². The van der Waals surface area contributed by atoms with Crippen molar-refractivity contribution in [2.45, 2.75) is 45.6 Å². The van der Waals surface area contributed by atoms with Crippen LogP contribution in [0.15, 0.2) is 23.3 Å². The molecule has 0 aromatic carbocycles. The second kappa shape index (κ2) is 10.2. The van der Waals surface area contributed by atoms with Gasteiger partial charge in [-0.05, 0) is 37.2 Å². The first-order valence-electron chi connectivity index (χ1n) is 9.21. The Balaban J connectivity index is 1.93. The van der Waals surface area contributed by atoms with Crippen molar-refractivity contribution in [2.24, 2.45) is 10.4 Å². The van der Waals surface area contributed by atoms with E-state index >= 15 is 0 Å². The van der Waals surface area contributed by atoms with Crippen LogP contribution >= 0.6 is 0 Å². The fraction of sp³-hybridized carbons (Fsp3) is 0.684. The van der Waals surface area contributed by atoms with Crippen molar-refractivity contribution in [1.29, 1.82) is 0 Å². The first-order chi connectivity index (χ1) is 12.2. The summed E-state index contributed by atoms with van der Waals surface area (Å²) in [7, 11) is 3.40. The average molecular weight is 348 g/mol. The highest BCUT2D eigenvalue weighted by Gasteiger charge is 2.33. The van der Waals surface area contributed by atoms with Crippen molar-refractivity contribution in [2.75, 3.05) is 33.9 Å². The number of nitrogens with zero attached hydrogens (tertiary/aromatic N) is 2. The number of aliphatic imine (C=N–C) groups is 1. The van der Waals surface area contributed by atoms with Crippen molar-refractivity contribution in [3.8, 4) is 5.88 Å². The van der Waals surface area contributed by atoms with E-state index in [1.807, 2.05) is 18.3 Å². The molecule has 0 amide bonds. The van der Waals surface area contributed by atoms with Gasteiger partial charge in [0, 0.05) is 39.1 Å². The summed E-state index contributed by atoms with van der Waals surface area (Å²) < 4.78 is 10.4. The number of hydrogen-bond donors (Lipinski definition) is 2. The van der Waals surface area contributed by atoms with Gasteiger partial charge >= 0.3 is 0 Å². The minimum atomic E-state index is 0.341. The molecule has 0 spiro atoms. The smallest absolute Gasteiger partial charge is 0.212 e. The van der Waals surface area contributed by atoms with Gasteiger partial charge in [-0.2, -0.15) is 0 Å². The lowest BCUT2D eigenvalue weighted by Crippen LogP contribution is -2.43. The molecule has 1 saturated carbocycles. The summed E-state index contributed by atoms with van der Waals surface area (Å²) in [5.74, 6) is 1.49. The Morgan fingerprint density at radius 2 is 2.04 bits per heavy atom. The van der Waals surface area contributed by atoms with Crippen LogP contribution in [-0.4, -0.2) is 44.9 Å². The fourth-order valence-corrected chi connectivity index (χ4v) is 3.37. The third-order valence-electron chi connectivity index (χ3n) is 4.90. The first-order valence-corrected chi connectivity index (χ1v) is 9.21. The first kappa shape index (κ1) is 19.5. The topological polar surface area (TPSA) is 67.8 Å². The van der Waals surface area contributed by atoms with Crippen LogP contribution in [0.4, 0.5) is 0 Å². The zero-order valence-electron chi connectivity index (χ0n) is 15.8. The molecule has 2 N–H and O–H groups in total. The number of hydrogen-bond acceptors (Lipinski definition) is 4. The summed E-state index contributed by atoms with van der Waals surface area (Å²) in [6.07, 6.45) is 8.09. The molecule has 0 bridgehead atoms. The van der Waals surface area contributed by atoms with Crippen LogP contribution in [0.2, 0.25) is 0 Å². The second-order valence-corrected chi connectivity index (χ2v) is 6.71. The number of ether oxygens (including phenoxy) is 2. The molecule has 140 valence electrons. The van der Waals surface area contributed by atoms with E-state index in [2.05, 4.69) is 22.5 Å². The monoisotopic (exact) mass is 348 g/mol. The van der Waals surface area contributed by atoms with Crippen molar-refractivity contribution in [3.05, 3.63) is 23.9 Å². The van der Waals surface area contributed by atoms with Gasteiger partial charge in [0.1, 0.15) is 0 Å². The molecule has 1 aliphatic carbocycles. The minimum Gasteiger partial charge on any atom is -0.481 e. The SMILES string of the molecule is CCNC(=NCc1ccc(OC)nc1)NCC1(CCOC)CCCC1. The second-order valence-electron chi connectivity index (χ2n) is 6.71. The zero-order chi connectivity index (χ0) is 18.0. The Kier molecular flexibility index (Phi) is 7.98. The molecule has 0 unspecified atom stereocenters. The highest BCUT2D eigenvalue weighted by atomic mass is 16.5. The number of pyridine rings is 1. The molecule has 1 heterocycles. The van der Waals surface area contributed by atoms with Crippen LogP contribution in [0.3, 0.4) is 0 Å². The predicted octanol–water partition coefficient (Wildman–Crippen LogP) is 2.74. The third-order valence-corrected chi connectivity index (χ3v) is 4.90. The fourth-order valence-electron chi connectivity index (χ4n) is 3.37.